The maximum atomic E-state index is 13.2. The van der Waals surface area contributed by atoms with E-state index in [4.69, 9.17) is 4.98 Å². The number of nitrogens with one attached hydrogen (secondary N) is 3. The SMILES string of the molecule is Cc1cc(Nc2cccc(C3CCCN(C(=O)c4n[nH]c5c4CCCC5)C3)n2)n[nH]1. The largest absolute Gasteiger partial charge is 0.337 e. The number of carbonyl (C=O) groups excluding carboxylic acids is 1. The molecule has 8 heteroatoms. The summed E-state index contributed by atoms with van der Waals surface area (Å²) < 4.78 is 0. The van der Waals surface area contributed by atoms with Crippen molar-refractivity contribution < 1.29 is 4.79 Å². The van der Waals surface area contributed by atoms with Gasteiger partial charge in [-0.05, 0) is 57.6 Å². The summed E-state index contributed by atoms with van der Waals surface area (Å²) in [5.74, 6) is 1.80. The van der Waals surface area contributed by atoms with Crippen LogP contribution in [0.1, 0.15) is 64.7 Å². The molecule has 0 spiro atoms. The van der Waals surface area contributed by atoms with Crippen molar-refractivity contribution in [1.82, 2.24) is 30.3 Å². The Labute approximate surface area is 175 Å². The fourth-order valence-electron chi connectivity index (χ4n) is 4.57. The van der Waals surface area contributed by atoms with E-state index in [0.717, 1.165) is 72.9 Å². The molecule has 0 radical (unpaired) electrons. The van der Waals surface area contributed by atoms with Crippen LogP contribution >= 0.6 is 0 Å². The number of hydrogen-bond acceptors (Lipinski definition) is 5. The van der Waals surface area contributed by atoms with Crippen molar-refractivity contribution >= 4 is 17.5 Å². The predicted octanol–water partition coefficient (Wildman–Crippen LogP) is 3.48. The van der Waals surface area contributed by atoms with Crippen molar-refractivity contribution in [1.29, 1.82) is 0 Å². The molecule has 1 unspecified atom stereocenters. The minimum Gasteiger partial charge on any atom is -0.337 e. The Hall–Kier alpha value is -3.16. The molecule has 0 aromatic carbocycles. The zero-order valence-electron chi connectivity index (χ0n) is 17.2. The van der Waals surface area contributed by atoms with Crippen LogP contribution in [0.25, 0.3) is 0 Å². The first-order chi connectivity index (χ1) is 14.7. The number of H-pyrrole nitrogens is 2. The highest BCUT2D eigenvalue weighted by molar-refractivity contribution is 5.94. The lowest BCUT2D eigenvalue weighted by Gasteiger charge is -2.32. The van der Waals surface area contributed by atoms with E-state index >= 15 is 0 Å². The van der Waals surface area contributed by atoms with Crippen LogP contribution in [0.2, 0.25) is 0 Å². The molecule has 3 aromatic rings. The number of aromatic amines is 2. The summed E-state index contributed by atoms with van der Waals surface area (Å²) in [6.07, 6.45) is 6.25. The van der Waals surface area contributed by atoms with Crippen molar-refractivity contribution in [3.05, 3.63) is 52.6 Å². The first kappa shape index (κ1) is 18.8. The first-order valence-electron chi connectivity index (χ1n) is 10.8. The molecule has 0 saturated carbocycles. The van der Waals surface area contributed by atoms with E-state index in [1.54, 1.807) is 0 Å². The number of aromatic nitrogens is 5. The molecular formula is C22H27N7O. The van der Waals surface area contributed by atoms with Crippen molar-refractivity contribution in [2.75, 3.05) is 18.4 Å². The number of anilines is 2. The second-order valence-electron chi connectivity index (χ2n) is 8.34. The number of aryl methyl sites for hydroxylation is 2. The van der Waals surface area contributed by atoms with Gasteiger partial charge in [0.25, 0.3) is 5.91 Å². The van der Waals surface area contributed by atoms with Crippen molar-refractivity contribution in [2.24, 2.45) is 0 Å². The third-order valence-electron chi connectivity index (χ3n) is 6.12. The average molecular weight is 406 g/mol. The van der Waals surface area contributed by atoms with Gasteiger partial charge < -0.3 is 10.2 Å². The van der Waals surface area contributed by atoms with Crippen LogP contribution in [0.3, 0.4) is 0 Å². The van der Waals surface area contributed by atoms with Crippen molar-refractivity contribution in [2.45, 2.75) is 51.4 Å². The van der Waals surface area contributed by atoms with E-state index in [0.29, 0.717) is 12.2 Å². The van der Waals surface area contributed by atoms with E-state index in [-0.39, 0.29) is 11.8 Å². The fourth-order valence-corrected chi connectivity index (χ4v) is 4.57. The lowest BCUT2D eigenvalue weighted by atomic mass is 9.92. The summed E-state index contributed by atoms with van der Waals surface area (Å²) >= 11 is 0. The number of rotatable bonds is 4. The monoisotopic (exact) mass is 405 g/mol. The molecule has 3 aromatic heterocycles. The maximum Gasteiger partial charge on any atom is 0.274 e. The Bertz CT molecular complexity index is 1050. The van der Waals surface area contributed by atoms with Crippen molar-refractivity contribution in [3.63, 3.8) is 0 Å². The van der Waals surface area contributed by atoms with Gasteiger partial charge in [0.05, 0.1) is 0 Å². The molecule has 1 fully saturated rings. The fraction of sp³-hybridized carbons (Fsp3) is 0.455. The van der Waals surface area contributed by atoms with E-state index < -0.39 is 0 Å². The third-order valence-corrected chi connectivity index (χ3v) is 6.12. The van der Waals surface area contributed by atoms with Gasteiger partial charge in [0.2, 0.25) is 0 Å². The molecule has 8 nitrogen and oxygen atoms in total. The molecule has 1 aliphatic carbocycles. The minimum atomic E-state index is 0.0559. The van der Waals surface area contributed by atoms with Gasteiger partial charge in [-0.1, -0.05) is 6.07 Å². The van der Waals surface area contributed by atoms with Crippen LogP contribution in [0.15, 0.2) is 24.3 Å². The molecule has 156 valence electrons. The van der Waals surface area contributed by atoms with Crippen molar-refractivity contribution in [3.8, 4) is 0 Å². The van der Waals surface area contributed by atoms with Crippen LogP contribution in [-0.4, -0.2) is 49.3 Å². The van der Waals surface area contributed by atoms with E-state index in [9.17, 15) is 4.79 Å². The average Bonchev–Trinajstić information content (AvgIpc) is 3.39. The standard InChI is InChI=1S/C22H27N7O/c1-14-12-20(27-25-14)24-19-10-4-9-17(23-19)15-6-5-11-29(13-15)22(30)21-16-7-2-3-8-18(16)26-28-21/h4,9-10,12,15H,2-3,5-8,11,13H2,1H3,(H,26,28)(H2,23,24,25,27). The summed E-state index contributed by atoms with van der Waals surface area (Å²) in [6.45, 7) is 3.42. The molecule has 5 rings (SSSR count). The minimum absolute atomic E-state index is 0.0559. The van der Waals surface area contributed by atoms with Gasteiger partial charge in [-0.2, -0.15) is 10.2 Å². The van der Waals surface area contributed by atoms with E-state index in [1.165, 1.54) is 6.42 Å². The van der Waals surface area contributed by atoms with Crippen LogP contribution in [0.4, 0.5) is 11.6 Å². The Morgan fingerprint density at radius 3 is 2.90 bits per heavy atom. The van der Waals surface area contributed by atoms with Crippen LogP contribution < -0.4 is 5.32 Å². The maximum absolute atomic E-state index is 13.2. The van der Waals surface area contributed by atoms with Gasteiger partial charge in [0.1, 0.15) is 5.82 Å². The van der Waals surface area contributed by atoms with Gasteiger partial charge in [-0.25, -0.2) is 4.98 Å². The second-order valence-corrected chi connectivity index (χ2v) is 8.34. The molecule has 30 heavy (non-hydrogen) atoms. The predicted molar refractivity (Wildman–Crippen MR) is 114 cm³/mol. The molecule has 1 aliphatic heterocycles. The number of piperidine rings is 1. The Morgan fingerprint density at radius 1 is 1.13 bits per heavy atom. The number of amides is 1. The lowest BCUT2D eigenvalue weighted by molar-refractivity contribution is 0.0698. The number of fused-ring (bicyclic) bond motifs is 1. The van der Waals surface area contributed by atoms with Gasteiger partial charge in [0.15, 0.2) is 11.5 Å². The zero-order chi connectivity index (χ0) is 20.5. The van der Waals surface area contributed by atoms with Crippen LogP contribution in [0.5, 0.6) is 0 Å². The highest BCUT2D eigenvalue weighted by Crippen LogP contribution is 2.29. The molecule has 1 amide bonds. The summed E-state index contributed by atoms with van der Waals surface area (Å²) in [5.41, 5.74) is 4.91. The molecule has 2 aliphatic rings. The lowest BCUT2D eigenvalue weighted by Crippen LogP contribution is -2.40. The molecule has 4 heterocycles. The quantitative estimate of drug-likeness (QED) is 0.617. The second kappa shape index (κ2) is 7.93. The van der Waals surface area contributed by atoms with Gasteiger partial charge in [0, 0.05) is 47.7 Å². The summed E-state index contributed by atoms with van der Waals surface area (Å²) in [6, 6.07) is 7.94. The molecular weight excluding hydrogens is 378 g/mol. The Kier molecular flexibility index (Phi) is 4.98. The van der Waals surface area contributed by atoms with Gasteiger partial charge in [-0.3, -0.25) is 15.0 Å². The first-order valence-corrected chi connectivity index (χ1v) is 10.8. The summed E-state index contributed by atoms with van der Waals surface area (Å²) in [4.78, 5) is 20.0. The molecule has 3 N–H and O–H groups in total. The topological polar surface area (TPSA) is 103 Å². The number of likely N-dealkylation sites (tertiary alicyclic amines) is 1. The van der Waals surface area contributed by atoms with Gasteiger partial charge in [-0.15, -0.1) is 0 Å². The summed E-state index contributed by atoms with van der Waals surface area (Å²) in [5, 5.41) is 17.9. The van der Waals surface area contributed by atoms with Crippen LogP contribution in [-0.2, 0) is 12.8 Å². The van der Waals surface area contributed by atoms with Crippen LogP contribution in [0, 0.1) is 6.92 Å². The highest BCUT2D eigenvalue weighted by Gasteiger charge is 2.30. The molecule has 1 saturated heterocycles. The smallest absolute Gasteiger partial charge is 0.274 e. The normalized spacial score (nSPS) is 18.8. The van der Waals surface area contributed by atoms with E-state index in [1.807, 2.05) is 30.0 Å². The summed E-state index contributed by atoms with van der Waals surface area (Å²) in [7, 11) is 0. The highest BCUT2D eigenvalue weighted by atomic mass is 16.2. The third kappa shape index (κ3) is 3.69. The zero-order valence-corrected chi connectivity index (χ0v) is 17.2. The molecule has 0 bridgehead atoms. The number of hydrogen-bond donors (Lipinski definition) is 3. The Morgan fingerprint density at radius 2 is 2.03 bits per heavy atom. The number of pyridine rings is 1. The van der Waals surface area contributed by atoms with Gasteiger partial charge >= 0.3 is 0 Å². The number of nitrogens with zero attached hydrogens (tertiary/aromatic N) is 4. The van der Waals surface area contributed by atoms with E-state index in [2.05, 4.69) is 31.8 Å². The molecule has 1 atom stereocenters. The number of carbonyl (C=O) groups is 1. The Balaban J connectivity index is 1.31.